The number of carbonyl (C=O) groups is 1. The normalized spacial score (nSPS) is 11.2. The van der Waals surface area contributed by atoms with E-state index in [0.717, 1.165) is 11.3 Å². The predicted octanol–water partition coefficient (Wildman–Crippen LogP) is 4.46. The van der Waals surface area contributed by atoms with Crippen LogP contribution in [0.4, 0.5) is 0 Å². The second-order valence-electron chi connectivity index (χ2n) is 6.45. The first kappa shape index (κ1) is 16.3. The largest absolute Gasteiger partial charge is 0.467 e. The molecule has 5 nitrogen and oxygen atoms in total. The number of fused-ring (bicyclic) bond motifs is 1. The highest BCUT2D eigenvalue weighted by Crippen LogP contribution is 2.24. The van der Waals surface area contributed by atoms with Gasteiger partial charge in [-0.25, -0.2) is 0 Å². The fourth-order valence-corrected chi connectivity index (χ4v) is 3.19. The topological polar surface area (TPSA) is 51.5 Å². The molecule has 26 heavy (non-hydrogen) atoms. The molecule has 0 fully saturated rings. The Labute approximate surface area is 151 Å². The summed E-state index contributed by atoms with van der Waals surface area (Å²) in [4.78, 5) is 14.7. The van der Waals surface area contributed by atoms with Crippen molar-refractivity contribution in [3.63, 3.8) is 0 Å². The van der Waals surface area contributed by atoms with Crippen LogP contribution in [0.5, 0.6) is 0 Å². The summed E-state index contributed by atoms with van der Waals surface area (Å²) in [6, 6.07) is 15.6. The van der Waals surface area contributed by atoms with E-state index in [1.165, 1.54) is 11.1 Å². The molecule has 0 bridgehead atoms. The Balaban J connectivity index is 1.69. The molecular weight excluding hydrogens is 328 g/mol. The summed E-state index contributed by atoms with van der Waals surface area (Å²) >= 11 is 0. The Morgan fingerprint density at radius 2 is 1.92 bits per heavy atom. The van der Waals surface area contributed by atoms with Gasteiger partial charge in [-0.15, -0.1) is 0 Å². The zero-order valence-corrected chi connectivity index (χ0v) is 14.8. The van der Waals surface area contributed by atoms with Gasteiger partial charge in [0.05, 0.1) is 24.6 Å². The summed E-state index contributed by atoms with van der Waals surface area (Å²) in [5.41, 5.74) is 4.61. The minimum atomic E-state index is -0.0682. The summed E-state index contributed by atoms with van der Waals surface area (Å²) < 4.78 is 12.9. The highest BCUT2D eigenvalue weighted by Gasteiger charge is 2.21. The van der Waals surface area contributed by atoms with Gasteiger partial charge in [0.1, 0.15) is 11.5 Å². The second kappa shape index (κ2) is 6.59. The van der Waals surface area contributed by atoms with Crippen LogP contribution in [0.1, 0.15) is 27.4 Å². The predicted molar refractivity (Wildman–Crippen MR) is 99.0 cm³/mol. The molecule has 0 aliphatic rings. The standard InChI is InChI=1S/C21H20N2O3/c1-15-6-3-4-7-16(15)13-23-18-9-11-26-20(18)12-19(23)21(24)22(2)14-17-8-5-10-25-17/h3-12H,13-14H2,1-2H3. The lowest BCUT2D eigenvalue weighted by Crippen LogP contribution is -2.28. The highest BCUT2D eigenvalue weighted by molar-refractivity contribution is 5.97. The number of benzene rings is 1. The zero-order valence-electron chi connectivity index (χ0n) is 14.8. The van der Waals surface area contributed by atoms with E-state index in [4.69, 9.17) is 8.83 Å². The second-order valence-corrected chi connectivity index (χ2v) is 6.45. The van der Waals surface area contributed by atoms with E-state index in [0.29, 0.717) is 24.4 Å². The molecule has 0 aliphatic carbocycles. The first-order valence-electron chi connectivity index (χ1n) is 8.52. The SMILES string of the molecule is Cc1ccccc1Cn1c(C(=O)N(C)Cc2ccco2)cc2occc21. The third kappa shape index (κ3) is 2.92. The molecule has 4 aromatic rings. The maximum atomic E-state index is 13.1. The van der Waals surface area contributed by atoms with Crippen molar-refractivity contribution in [2.75, 3.05) is 7.05 Å². The van der Waals surface area contributed by atoms with E-state index in [2.05, 4.69) is 19.1 Å². The molecule has 0 unspecified atom stereocenters. The van der Waals surface area contributed by atoms with Crippen LogP contribution < -0.4 is 0 Å². The Bertz CT molecular complexity index is 1040. The fourth-order valence-electron chi connectivity index (χ4n) is 3.19. The Kier molecular flexibility index (Phi) is 4.13. The van der Waals surface area contributed by atoms with E-state index < -0.39 is 0 Å². The highest BCUT2D eigenvalue weighted by atomic mass is 16.3. The number of carbonyl (C=O) groups excluding carboxylic acids is 1. The van der Waals surface area contributed by atoms with Crippen LogP contribution in [0.15, 0.2) is 69.9 Å². The summed E-state index contributed by atoms with van der Waals surface area (Å²) in [5, 5.41) is 0. The smallest absolute Gasteiger partial charge is 0.270 e. The molecule has 3 aromatic heterocycles. The van der Waals surface area contributed by atoms with Crippen molar-refractivity contribution >= 4 is 17.0 Å². The lowest BCUT2D eigenvalue weighted by atomic mass is 10.1. The minimum absolute atomic E-state index is 0.0682. The van der Waals surface area contributed by atoms with Crippen molar-refractivity contribution in [2.24, 2.45) is 0 Å². The molecule has 0 atom stereocenters. The summed E-state index contributed by atoms with van der Waals surface area (Å²) in [6.45, 7) is 3.12. The van der Waals surface area contributed by atoms with Crippen LogP contribution in [0.25, 0.3) is 11.1 Å². The van der Waals surface area contributed by atoms with E-state index in [1.54, 1.807) is 24.5 Å². The number of aromatic nitrogens is 1. The van der Waals surface area contributed by atoms with Gasteiger partial charge < -0.3 is 18.3 Å². The summed E-state index contributed by atoms with van der Waals surface area (Å²) in [5.74, 6) is 0.683. The lowest BCUT2D eigenvalue weighted by molar-refractivity contribution is 0.0765. The van der Waals surface area contributed by atoms with Gasteiger partial charge in [-0.05, 0) is 30.2 Å². The van der Waals surface area contributed by atoms with Crippen LogP contribution >= 0.6 is 0 Å². The lowest BCUT2D eigenvalue weighted by Gasteiger charge is -2.18. The van der Waals surface area contributed by atoms with Crippen LogP contribution in [-0.2, 0) is 13.1 Å². The minimum Gasteiger partial charge on any atom is -0.467 e. The number of hydrogen-bond acceptors (Lipinski definition) is 3. The van der Waals surface area contributed by atoms with E-state index in [1.807, 2.05) is 41.0 Å². The third-order valence-electron chi connectivity index (χ3n) is 4.65. The maximum absolute atomic E-state index is 13.1. The maximum Gasteiger partial charge on any atom is 0.270 e. The molecule has 0 aliphatic heterocycles. The first-order valence-corrected chi connectivity index (χ1v) is 8.52. The number of aryl methyl sites for hydroxylation is 1. The molecule has 132 valence electrons. The molecule has 5 heteroatoms. The number of hydrogen-bond donors (Lipinski definition) is 0. The number of amides is 1. The van der Waals surface area contributed by atoms with Crippen molar-refractivity contribution in [1.82, 2.24) is 9.47 Å². The summed E-state index contributed by atoms with van der Waals surface area (Å²) in [6.07, 6.45) is 3.27. The molecule has 1 amide bonds. The third-order valence-corrected chi connectivity index (χ3v) is 4.65. The molecule has 0 saturated carbocycles. The molecule has 4 rings (SSSR count). The van der Waals surface area contributed by atoms with Crippen molar-refractivity contribution in [1.29, 1.82) is 0 Å². The Morgan fingerprint density at radius 1 is 1.08 bits per heavy atom. The quantitative estimate of drug-likeness (QED) is 0.535. The van der Waals surface area contributed by atoms with Gasteiger partial charge >= 0.3 is 0 Å². The van der Waals surface area contributed by atoms with Crippen LogP contribution in [0.2, 0.25) is 0 Å². The van der Waals surface area contributed by atoms with Gasteiger partial charge in [-0.2, -0.15) is 0 Å². The average molecular weight is 348 g/mol. The number of nitrogens with zero attached hydrogens (tertiary/aromatic N) is 2. The van der Waals surface area contributed by atoms with E-state index in [-0.39, 0.29) is 5.91 Å². The van der Waals surface area contributed by atoms with Gasteiger partial charge in [-0.3, -0.25) is 4.79 Å². The van der Waals surface area contributed by atoms with Gasteiger partial charge in [-0.1, -0.05) is 24.3 Å². The van der Waals surface area contributed by atoms with Gasteiger partial charge in [0.2, 0.25) is 0 Å². The van der Waals surface area contributed by atoms with Gasteiger partial charge in [0.15, 0.2) is 5.58 Å². The van der Waals surface area contributed by atoms with Crippen molar-refractivity contribution < 1.29 is 13.6 Å². The fraction of sp³-hybridized carbons (Fsp3) is 0.190. The summed E-state index contributed by atoms with van der Waals surface area (Å²) in [7, 11) is 1.78. The molecule has 0 radical (unpaired) electrons. The van der Waals surface area contributed by atoms with Crippen LogP contribution in [0, 0.1) is 6.92 Å². The van der Waals surface area contributed by atoms with Crippen molar-refractivity contribution in [3.8, 4) is 0 Å². The molecule has 3 heterocycles. The Morgan fingerprint density at radius 3 is 2.69 bits per heavy atom. The monoisotopic (exact) mass is 348 g/mol. The van der Waals surface area contributed by atoms with Crippen LogP contribution in [0.3, 0.4) is 0 Å². The van der Waals surface area contributed by atoms with Gasteiger partial charge in [0, 0.05) is 25.7 Å². The molecule has 0 spiro atoms. The number of rotatable bonds is 5. The average Bonchev–Trinajstić information content (AvgIpc) is 3.35. The molecule has 0 N–H and O–H groups in total. The molecule has 0 saturated heterocycles. The van der Waals surface area contributed by atoms with Crippen LogP contribution in [-0.4, -0.2) is 22.4 Å². The van der Waals surface area contributed by atoms with Gasteiger partial charge in [0.25, 0.3) is 5.91 Å². The van der Waals surface area contributed by atoms with Crippen molar-refractivity contribution in [2.45, 2.75) is 20.0 Å². The number of furan rings is 2. The van der Waals surface area contributed by atoms with E-state index in [9.17, 15) is 4.79 Å². The van der Waals surface area contributed by atoms with Crippen molar-refractivity contribution in [3.05, 3.63) is 83.6 Å². The Hall–Kier alpha value is -3.21. The first-order chi connectivity index (χ1) is 12.6. The van der Waals surface area contributed by atoms with E-state index >= 15 is 0 Å². The molecule has 1 aromatic carbocycles. The zero-order chi connectivity index (χ0) is 18.1. The molecular formula is C21H20N2O3.